The molecule has 0 saturated carbocycles. The van der Waals surface area contributed by atoms with E-state index in [1.54, 1.807) is 0 Å². The quantitative estimate of drug-likeness (QED) is 0.473. The van der Waals surface area contributed by atoms with Crippen LogP contribution < -0.4 is 11.1 Å². The fourth-order valence-electron chi connectivity index (χ4n) is 2.96. The zero-order valence-electron chi connectivity index (χ0n) is 14.0. The summed E-state index contributed by atoms with van der Waals surface area (Å²) in [5, 5.41) is 5.99. The van der Waals surface area contributed by atoms with Gasteiger partial charge in [0, 0.05) is 34.4 Å². The van der Waals surface area contributed by atoms with Crippen LogP contribution >= 0.6 is 11.6 Å². The summed E-state index contributed by atoms with van der Waals surface area (Å²) in [6.45, 7) is 2.93. The minimum Gasteiger partial charge on any atom is -0.384 e. The van der Waals surface area contributed by atoms with Crippen molar-refractivity contribution in [3.8, 4) is 0 Å². The second-order valence-corrected chi connectivity index (χ2v) is 6.89. The maximum absolute atomic E-state index is 6.18. The van der Waals surface area contributed by atoms with E-state index < -0.39 is 0 Å². The molecule has 0 aliphatic carbocycles. The molecule has 2 atom stereocenters. The summed E-state index contributed by atoms with van der Waals surface area (Å²) >= 11 is 6.18. The highest BCUT2D eigenvalue weighted by atomic mass is 35.5. The lowest BCUT2D eigenvalue weighted by atomic mass is 10.1. The SMILES string of the molecule is CCC(Cl)CC(N)CCNc1cccc2nc3ccccc3cc12. The van der Waals surface area contributed by atoms with Crippen molar-refractivity contribution >= 4 is 39.1 Å². The second-order valence-electron chi connectivity index (χ2n) is 6.27. The molecule has 24 heavy (non-hydrogen) atoms. The van der Waals surface area contributed by atoms with Crippen LogP contribution in [0.3, 0.4) is 0 Å². The molecule has 2 aromatic carbocycles. The maximum Gasteiger partial charge on any atom is 0.0730 e. The number of hydrogen-bond donors (Lipinski definition) is 2. The minimum atomic E-state index is 0.133. The first-order chi connectivity index (χ1) is 11.7. The molecule has 4 heteroatoms. The summed E-state index contributed by atoms with van der Waals surface area (Å²) in [6, 6.07) is 16.7. The lowest BCUT2D eigenvalue weighted by Gasteiger charge is -2.16. The van der Waals surface area contributed by atoms with Crippen LogP contribution in [0.5, 0.6) is 0 Å². The number of fused-ring (bicyclic) bond motifs is 2. The number of nitrogens with one attached hydrogen (secondary N) is 1. The predicted octanol–water partition coefficient (Wildman–Crippen LogP) is 4.92. The van der Waals surface area contributed by atoms with Gasteiger partial charge in [0.05, 0.1) is 11.0 Å². The van der Waals surface area contributed by atoms with Crippen molar-refractivity contribution in [1.82, 2.24) is 4.98 Å². The molecular weight excluding hydrogens is 318 g/mol. The summed E-state index contributed by atoms with van der Waals surface area (Å²) in [7, 11) is 0. The van der Waals surface area contributed by atoms with Crippen molar-refractivity contribution in [3.05, 3.63) is 48.5 Å². The van der Waals surface area contributed by atoms with E-state index in [4.69, 9.17) is 22.3 Å². The standard InChI is InChI=1S/C20H24ClN3/c1-2-15(21)13-16(22)10-11-23-19-8-5-9-20-17(19)12-14-6-3-4-7-18(14)24-20/h3-9,12,15-16,23H,2,10-11,13,22H2,1H3. The van der Waals surface area contributed by atoms with Crippen LogP contribution in [0.15, 0.2) is 48.5 Å². The van der Waals surface area contributed by atoms with Crippen LogP contribution in [-0.4, -0.2) is 22.9 Å². The number of aromatic nitrogens is 1. The van der Waals surface area contributed by atoms with Crippen molar-refractivity contribution in [1.29, 1.82) is 0 Å². The molecule has 0 bridgehead atoms. The molecule has 3 nitrogen and oxygen atoms in total. The Bertz CT molecular complexity index is 818. The third-order valence-corrected chi connectivity index (χ3v) is 4.88. The van der Waals surface area contributed by atoms with Crippen molar-refractivity contribution in [2.24, 2.45) is 5.73 Å². The third kappa shape index (κ3) is 3.97. The van der Waals surface area contributed by atoms with Crippen LogP contribution in [0, 0.1) is 0 Å². The summed E-state index contributed by atoms with van der Waals surface area (Å²) in [5.74, 6) is 0. The molecule has 0 radical (unpaired) electrons. The van der Waals surface area contributed by atoms with E-state index in [1.165, 1.54) is 0 Å². The fourth-order valence-corrected chi connectivity index (χ4v) is 3.19. The lowest BCUT2D eigenvalue weighted by Crippen LogP contribution is -2.26. The maximum atomic E-state index is 6.18. The van der Waals surface area contributed by atoms with Crippen LogP contribution in [0.1, 0.15) is 26.2 Å². The Balaban J connectivity index is 1.74. The predicted molar refractivity (Wildman–Crippen MR) is 105 cm³/mol. The molecule has 2 unspecified atom stereocenters. The monoisotopic (exact) mass is 341 g/mol. The van der Waals surface area contributed by atoms with Gasteiger partial charge in [-0.15, -0.1) is 11.6 Å². The van der Waals surface area contributed by atoms with E-state index in [-0.39, 0.29) is 11.4 Å². The first-order valence-corrected chi connectivity index (χ1v) is 9.03. The normalized spacial score (nSPS) is 14.0. The molecule has 3 aromatic rings. The highest BCUT2D eigenvalue weighted by Gasteiger charge is 2.09. The summed E-state index contributed by atoms with van der Waals surface area (Å²) in [6.07, 6.45) is 2.73. The van der Waals surface area contributed by atoms with Gasteiger partial charge in [0.1, 0.15) is 0 Å². The van der Waals surface area contributed by atoms with Gasteiger partial charge in [-0.2, -0.15) is 0 Å². The smallest absolute Gasteiger partial charge is 0.0730 e. The molecule has 3 rings (SSSR count). The van der Waals surface area contributed by atoms with Gasteiger partial charge >= 0.3 is 0 Å². The molecule has 0 amide bonds. The Hall–Kier alpha value is -1.84. The molecule has 0 spiro atoms. The van der Waals surface area contributed by atoms with Gasteiger partial charge in [0.25, 0.3) is 0 Å². The van der Waals surface area contributed by atoms with E-state index in [9.17, 15) is 0 Å². The number of para-hydroxylation sites is 1. The molecule has 126 valence electrons. The number of anilines is 1. The Morgan fingerprint density at radius 3 is 2.75 bits per heavy atom. The van der Waals surface area contributed by atoms with Gasteiger partial charge in [0.2, 0.25) is 0 Å². The number of alkyl halides is 1. The van der Waals surface area contributed by atoms with Gasteiger partial charge in [-0.1, -0.05) is 31.2 Å². The third-order valence-electron chi connectivity index (χ3n) is 4.39. The number of nitrogens with two attached hydrogens (primary N) is 1. The number of rotatable bonds is 7. The Labute approximate surface area is 148 Å². The topological polar surface area (TPSA) is 50.9 Å². The zero-order valence-corrected chi connectivity index (χ0v) is 14.8. The van der Waals surface area contributed by atoms with E-state index in [2.05, 4.69) is 36.5 Å². The highest BCUT2D eigenvalue weighted by Crippen LogP contribution is 2.26. The number of hydrogen-bond acceptors (Lipinski definition) is 3. The second kappa shape index (κ2) is 7.82. The minimum absolute atomic E-state index is 0.133. The summed E-state index contributed by atoms with van der Waals surface area (Å²) < 4.78 is 0. The van der Waals surface area contributed by atoms with Gasteiger partial charge in [0.15, 0.2) is 0 Å². The largest absolute Gasteiger partial charge is 0.384 e. The number of halogens is 1. The average Bonchev–Trinajstić information content (AvgIpc) is 2.60. The molecular formula is C20H24ClN3. The molecule has 0 aliphatic heterocycles. The Morgan fingerprint density at radius 2 is 1.92 bits per heavy atom. The number of pyridine rings is 1. The van der Waals surface area contributed by atoms with Crippen LogP contribution in [0.2, 0.25) is 0 Å². The van der Waals surface area contributed by atoms with Gasteiger partial charge in [-0.25, -0.2) is 4.98 Å². The molecule has 0 aliphatic rings. The lowest BCUT2D eigenvalue weighted by molar-refractivity contribution is 0.558. The molecule has 0 fully saturated rings. The Kier molecular flexibility index (Phi) is 5.54. The molecule has 1 aromatic heterocycles. The summed E-state index contributed by atoms with van der Waals surface area (Å²) in [4.78, 5) is 4.75. The van der Waals surface area contributed by atoms with E-state index in [0.717, 1.165) is 53.3 Å². The van der Waals surface area contributed by atoms with Crippen molar-refractivity contribution in [2.45, 2.75) is 37.6 Å². The number of nitrogens with zero attached hydrogens (tertiary/aromatic N) is 1. The summed E-state index contributed by atoms with van der Waals surface area (Å²) in [5.41, 5.74) is 9.31. The van der Waals surface area contributed by atoms with E-state index >= 15 is 0 Å². The first-order valence-electron chi connectivity index (χ1n) is 8.59. The van der Waals surface area contributed by atoms with Gasteiger partial charge in [-0.3, -0.25) is 0 Å². The fraction of sp³-hybridized carbons (Fsp3) is 0.350. The molecule has 3 N–H and O–H groups in total. The van der Waals surface area contributed by atoms with Crippen molar-refractivity contribution in [2.75, 3.05) is 11.9 Å². The number of benzene rings is 2. The van der Waals surface area contributed by atoms with Gasteiger partial charge in [-0.05, 0) is 43.5 Å². The zero-order chi connectivity index (χ0) is 16.9. The highest BCUT2D eigenvalue weighted by molar-refractivity contribution is 6.20. The molecule has 1 heterocycles. The van der Waals surface area contributed by atoms with Crippen LogP contribution in [0.25, 0.3) is 21.8 Å². The average molecular weight is 342 g/mol. The first kappa shape index (κ1) is 17.0. The van der Waals surface area contributed by atoms with Crippen LogP contribution in [0.4, 0.5) is 5.69 Å². The van der Waals surface area contributed by atoms with Crippen molar-refractivity contribution in [3.63, 3.8) is 0 Å². The molecule has 0 saturated heterocycles. The van der Waals surface area contributed by atoms with Crippen LogP contribution in [-0.2, 0) is 0 Å². The van der Waals surface area contributed by atoms with Gasteiger partial charge < -0.3 is 11.1 Å². The van der Waals surface area contributed by atoms with Crippen molar-refractivity contribution < 1.29 is 0 Å². The Morgan fingerprint density at radius 1 is 1.12 bits per heavy atom. The van der Waals surface area contributed by atoms with E-state index in [0.29, 0.717) is 0 Å². The van der Waals surface area contributed by atoms with E-state index in [1.807, 2.05) is 24.3 Å².